The number of carboxylic acids is 1. The van der Waals surface area contributed by atoms with Gasteiger partial charge in [-0.25, -0.2) is 9.78 Å². The highest BCUT2D eigenvalue weighted by Crippen LogP contribution is 2.31. The molecular formula is C21H14Cl3N3O4S. The van der Waals surface area contributed by atoms with Crippen molar-refractivity contribution >= 4 is 67.9 Å². The second kappa shape index (κ2) is 10.6. The third-order valence-corrected chi connectivity index (χ3v) is 5.58. The van der Waals surface area contributed by atoms with Gasteiger partial charge in [0.05, 0.1) is 21.2 Å². The molecule has 0 amide bonds. The first-order valence-corrected chi connectivity index (χ1v) is 11.1. The Hall–Kier alpha value is -2.91. The van der Waals surface area contributed by atoms with Crippen molar-refractivity contribution in [3.8, 4) is 0 Å². The summed E-state index contributed by atoms with van der Waals surface area (Å²) in [7, 11) is -2.64. The van der Waals surface area contributed by atoms with Gasteiger partial charge in [-0.15, -0.1) is 4.36 Å². The van der Waals surface area contributed by atoms with Crippen LogP contribution in [0, 0.1) is 0 Å². The molecule has 0 fully saturated rings. The molecule has 11 heteroatoms. The average molecular weight is 511 g/mol. The van der Waals surface area contributed by atoms with Gasteiger partial charge in [0.2, 0.25) is 0 Å². The second-order valence-electron chi connectivity index (χ2n) is 6.34. The van der Waals surface area contributed by atoms with Gasteiger partial charge in [-0.3, -0.25) is 0 Å². The number of carbonyl (C=O) groups is 1. The molecule has 4 aromatic rings. The van der Waals surface area contributed by atoms with E-state index >= 15 is 0 Å². The van der Waals surface area contributed by atoms with Crippen LogP contribution in [0.4, 0.5) is 5.69 Å². The van der Waals surface area contributed by atoms with Crippen LogP contribution in [-0.2, 0) is 17.0 Å². The number of benzene rings is 2. The number of hydrogen-bond acceptors (Lipinski definition) is 5. The Bertz CT molecular complexity index is 1410. The number of aromatic carboxylic acids is 1. The lowest BCUT2D eigenvalue weighted by Crippen LogP contribution is -2.09. The van der Waals surface area contributed by atoms with Crippen molar-refractivity contribution in [3.63, 3.8) is 0 Å². The molecule has 0 saturated heterocycles. The molecule has 0 spiro atoms. The van der Waals surface area contributed by atoms with E-state index in [-0.39, 0.29) is 17.9 Å². The normalized spacial score (nSPS) is 10.3. The minimum absolute atomic E-state index is 0.0143. The smallest absolute Gasteiger partial charge is 0.352 e. The van der Waals surface area contributed by atoms with E-state index in [4.69, 9.17) is 34.8 Å². The highest BCUT2D eigenvalue weighted by atomic mass is 35.5. The van der Waals surface area contributed by atoms with E-state index in [1.807, 2.05) is 12.1 Å². The monoisotopic (exact) mass is 509 g/mol. The predicted molar refractivity (Wildman–Crippen MR) is 125 cm³/mol. The molecule has 0 radical (unpaired) electrons. The van der Waals surface area contributed by atoms with Gasteiger partial charge in [0.25, 0.3) is 0 Å². The molecule has 0 atom stereocenters. The van der Waals surface area contributed by atoms with Gasteiger partial charge in [-0.2, -0.15) is 8.42 Å². The van der Waals surface area contributed by atoms with Crippen LogP contribution < -0.4 is 0 Å². The fraction of sp³-hybridized carbons (Fsp3) is 0.0476. The Morgan fingerprint density at radius 2 is 1.78 bits per heavy atom. The Balaban J connectivity index is 0.000000352. The summed E-state index contributed by atoms with van der Waals surface area (Å²) in [4.78, 5) is 15.4. The number of hydrogen-bond donors (Lipinski definition) is 1. The van der Waals surface area contributed by atoms with Crippen LogP contribution in [0.3, 0.4) is 0 Å². The molecule has 164 valence electrons. The Labute approximate surface area is 199 Å². The molecule has 0 unspecified atom stereocenters. The van der Waals surface area contributed by atoms with Crippen molar-refractivity contribution in [2.45, 2.75) is 6.54 Å². The molecule has 0 aliphatic rings. The van der Waals surface area contributed by atoms with E-state index in [1.54, 1.807) is 47.2 Å². The molecule has 0 saturated carbocycles. The summed E-state index contributed by atoms with van der Waals surface area (Å²) in [6.07, 6.45) is 1.66. The minimum atomic E-state index is -2.64. The van der Waals surface area contributed by atoms with Gasteiger partial charge in [0.1, 0.15) is 10.8 Å². The van der Waals surface area contributed by atoms with Crippen molar-refractivity contribution in [1.29, 1.82) is 0 Å². The molecule has 0 bridgehead atoms. The van der Waals surface area contributed by atoms with Crippen molar-refractivity contribution in [2.24, 2.45) is 4.36 Å². The fourth-order valence-electron chi connectivity index (χ4n) is 2.94. The molecule has 2 aromatic carbocycles. The number of pyridine rings is 1. The van der Waals surface area contributed by atoms with E-state index in [0.29, 0.717) is 26.1 Å². The zero-order valence-electron chi connectivity index (χ0n) is 16.1. The summed E-state index contributed by atoms with van der Waals surface area (Å²) in [5, 5.41) is 11.2. The van der Waals surface area contributed by atoms with Crippen LogP contribution in [-0.4, -0.2) is 29.0 Å². The number of carboxylic acid groups (broad SMARTS) is 1. The summed E-state index contributed by atoms with van der Waals surface area (Å²) >= 11 is 17.3. The van der Waals surface area contributed by atoms with E-state index in [2.05, 4.69) is 9.35 Å². The molecular weight excluding hydrogens is 497 g/mol. The summed E-state index contributed by atoms with van der Waals surface area (Å²) in [5.74, 6) is -1.13. The third kappa shape index (κ3) is 5.86. The van der Waals surface area contributed by atoms with E-state index in [1.165, 1.54) is 12.1 Å². The van der Waals surface area contributed by atoms with Gasteiger partial charge in [0, 0.05) is 18.1 Å². The molecule has 1 N–H and O–H groups in total. The van der Waals surface area contributed by atoms with Crippen LogP contribution in [0.15, 0.2) is 71.2 Å². The van der Waals surface area contributed by atoms with E-state index in [0.717, 1.165) is 5.56 Å². The average Bonchev–Trinajstić information content (AvgIpc) is 3.11. The quantitative estimate of drug-likeness (QED) is 0.333. The van der Waals surface area contributed by atoms with Crippen LogP contribution in [0.1, 0.15) is 16.1 Å². The van der Waals surface area contributed by atoms with Gasteiger partial charge in [0.15, 0.2) is 0 Å². The Morgan fingerprint density at radius 1 is 1.00 bits per heavy atom. The van der Waals surface area contributed by atoms with Crippen molar-refractivity contribution < 1.29 is 18.3 Å². The first kappa shape index (κ1) is 23.7. The molecule has 32 heavy (non-hydrogen) atoms. The lowest BCUT2D eigenvalue weighted by molar-refractivity contribution is 0.0686. The van der Waals surface area contributed by atoms with Crippen LogP contribution in [0.25, 0.3) is 10.9 Å². The molecule has 4 rings (SSSR count). The summed E-state index contributed by atoms with van der Waals surface area (Å²) in [6.45, 7) is 0.228. The second-order valence-corrected chi connectivity index (χ2v) is 8.16. The number of rotatable bonds is 4. The largest absolute Gasteiger partial charge is 0.477 e. The van der Waals surface area contributed by atoms with Gasteiger partial charge in [-0.1, -0.05) is 53.0 Å². The fourth-order valence-corrected chi connectivity index (χ4v) is 3.71. The van der Waals surface area contributed by atoms with Gasteiger partial charge >= 0.3 is 16.5 Å². The minimum Gasteiger partial charge on any atom is -0.477 e. The molecule has 2 heterocycles. The van der Waals surface area contributed by atoms with Crippen molar-refractivity contribution in [1.82, 2.24) is 9.55 Å². The zero-order valence-corrected chi connectivity index (χ0v) is 19.2. The lowest BCUT2D eigenvalue weighted by Gasteiger charge is -2.09. The molecule has 2 aromatic heterocycles. The van der Waals surface area contributed by atoms with Gasteiger partial charge < -0.3 is 9.67 Å². The first-order chi connectivity index (χ1) is 15.3. The number of fused-ring (bicyclic) bond motifs is 1. The van der Waals surface area contributed by atoms with Crippen LogP contribution in [0.2, 0.25) is 15.2 Å². The number of aromatic nitrogens is 2. The predicted octanol–water partition coefficient (Wildman–Crippen LogP) is 6.12. The van der Waals surface area contributed by atoms with Crippen LogP contribution >= 0.6 is 34.8 Å². The maximum Gasteiger partial charge on any atom is 0.352 e. The Morgan fingerprint density at radius 3 is 2.34 bits per heavy atom. The zero-order chi connectivity index (χ0) is 23.3. The molecule has 0 aliphatic carbocycles. The molecule has 0 aliphatic heterocycles. The lowest BCUT2D eigenvalue weighted by atomic mass is 10.2. The highest BCUT2D eigenvalue weighted by molar-refractivity contribution is 7.61. The SMILES string of the molecule is Clc1ccccn1.O=C(O)c1cc2c(N=S(=O)=O)cccc2n1Cc1ccc(Cl)c(Cl)c1. The standard InChI is InChI=1S/C16H10Cl2N2O4S.C5H4ClN/c17-11-5-4-9(6-12(11)18)8-20-14-3-1-2-13(19-25(23)24)10(14)7-15(20)16(21)22;6-5-3-1-2-4-7-5/h1-7H,8H2,(H,21,22);1-4H. The van der Waals surface area contributed by atoms with Gasteiger partial charge in [-0.05, 0) is 48.0 Å². The first-order valence-electron chi connectivity index (χ1n) is 8.93. The summed E-state index contributed by atoms with van der Waals surface area (Å²) in [6, 6.07) is 16.7. The summed E-state index contributed by atoms with van der Waals surface area (Å²) in [5.41, 5.74) is 1.50. The van der Waals surface area contributed by atoms with E-state index in [9.17, 15) is 18.3 Å². The topological polar surface area (TPSA) is 102 Å². The van der Waals surface area contributed by atoms with Crippen molar-refractivity contribution in [2.75, 3.05) is 0 Å². The molecule has 7 nitrogen and oxygen atoms in total. The number of halogens is 3. The highest BCUT2D eigenvalue weighted by Gasteiger charge is 2.17. The van der Waals surface area contributed by atoms with Crippen molar-refractivity contribution in [3.05, 3.63) is 93.3 Å². The van der Waals surface area contributed by atoms with E-state index < -0.39 is 16.5 Å². The Kier molecular flexibility index (Phi) is 7.87. The summed E-state index contributed by atoms with van der Waals surface area (Å²) < 4.78 is 26.8. The number of nitrogens with zero attached hydrogens (tertiary/aromatic N) is 3. The maximum atomic E-state index is 11.6. The van der Waals surface area contributed by atoms with Crippen LogP contribution in [0.5, 0.6) is 0 Å². The maximum absolute atomic E-state index is 11.6. The third-order valence-electron chi connectivity index (χ3n) is 4.27.